The van der Waals surface area contributed by atoms with Gasteiger partial charge in [-0.3, -0.25) is 0 Å². The first-order valence-electron chi connectivity index (χ1n) is 8.74. The van der Waals surface area contributed by atoms with Gasteiger partial charge in [0.05, 0.1) is 19.3 Å². The van der Waals surface area contributed by atoms with Crippen LogP contribution >= 0.6 is 0 Å². The van der Waals surface area contributed by atoms with E-state index in [1.807, 2.05) is 0 Å². The van der Waals surface area contributed by atoms with Crippen molar-refractivity contribution in [1.29, 1.82) is 0 Å². The second-order valence-corrected chi connectivity index (χ2v) is 5.82. The van der Waals surface area contributed by atoms with Crippen LogP contribution in [0.15, 0.2) is 0 Å². The van der Waals surface area contributed by atoms with E-state index >= 15 is 0 Å². The number of nitrogens with two attached hydrogens (primary N) is 1. The van der Waals surface area contributed by atoms with Crippen LogP contribution in [0.4, 0.5) is 0 Å². The highest BCUT2D eigenvalue weighted by atomic mass is 16.5. The van der Waals surface area contributed by atoms with Gasteiger partial charge >= 0.3 is 0 Å². The molecular formula is C17H37NO2. The van der Waals surface area contributed by atoms with Crippen molar-refractivity contribution in [2.45, 2.75) is 96.6 Å². The van der Waals surface area contributed by atoms with Gasteiger partial charge in [-0.2, -0.15) is 0 Å². The van der Waals surface area contributed by atoms with Crippen molar-refractivity contribution in [3.05, 3.63) is 0 Å². The minimum atomic E-state index is 0.0846. The first-order chi connectivity index (χ1) is 9.76. The van der Waals surface area contributed by atoms with Crippen LogP contribution in [0.3, 0.4) is 0 Å². The molecule has 20 heavy (non-hydrogen) atoms. The minimum Gasteiger partial charge on any atom is -0.394 e. The molecule has 0 aliphatic rings. The molecule has 0 radical (unpaired) electrons. The van der Waals surface area contributed by atoms with E-state index in [1.165, 1.54) is 57.8 Å². The van der Waals surface area contributed by atoms with Gasteiger partial charge in [0.1, 0.15) is 0 Å². The summed E-state index contributed by atoms with van der Waals surface area (Å²) in [5, 5.41) is 8.78. The fraction of sp³-hybridized carbons (Fsp3) is 1.00. The van der Waals surface area contributed by atoms with Gasteiger partial charge in [0.2, 0.25) is 0 Å². The summed E-state index contributed by atoms with van der Waals surface area (Å²) < 4.78 is 5.56. The van der Waals surface area contributed by atoms with Crippen molar-refractivity contribution in [3.63, 3.8) is 0 Å². The summed E-state index contributed by atoms with van der Waals surface area (Å²) in [4.78, 5) is 0. The Labute approximate surface area is 126 Å². The minimum absolute atomic E-state index is 0.0846. The zero-order chi connectivity index (χ0) is 15.1. The molecule has 0 saturated carbocycles. The van der Waals surface area contributed by atoms with Crippen LogP contribution in [-0.2, 0) is 4.74 Å². The molecule has 3 nitrogen and oxygen atoms in total. The number of unbranched alkanes of at least 4 members (excludes halogenated alkanes) is 8. The highest BCUT2D eigenvalue weighted by molar-refractivity contribution is 4.72. The second kappa shape index (κ2) is 15.3. The molecule has 0 bridgehead atoms. The topological polar surface area (TPSA) is 55.5 Å². The molecule has 0 rings (SSSR count). The molecule has 3 N–H and O–H groups in total. The molecule has 0 spiro atoms. The molecular weight excluding hydrogens is 250 g/mol. The third-order valence-electron chi connectivity index (χ3n) is 3.94. The second-order valence-electron chi connectivity index (χ2n) is 5.82. The largest absolute Gasteiger partial charge is 0.394 e. The third kappa shape index (κ3) is 11.7. The van der Waals surface area contributed by atoms with Crippen molar-refractivity contribution in [2.75, 3.05) is 13.2 Å². The van der Waals surface area contributed by atoms with E-state index in [0.717, 1.165) is 12.8 Å². The Morgan fingerprint density at radius 1 is 0.900 bits per heavy atom. The average molecular weight is 287 g/mol. The quantitative estimate of drug-likeness (QED) is 0.447. The van der Waals surface area contributed by atoms with Crippen molar-refractivity contribution in [3.8, 4) is 0 Å². The predicted molar refractivity (Wildman–Crippen MR) is 86.9 cm³/mol. The van der Waals surface area contributed by atoms with Gasteiger partial charge in [0.15, 0.2) is 0 Å². The van der Waals surface area contributed by atoms with E-state index in [9.17, 15) is 0 Å². The van der Waals surface area contributed by atoms with E-state index in [2.05, 4.69) is 13.8 Å². The maximum atomic E-state index is 8.78. The Morgan fingerprint density at radius 2 is 1.45 bits per heavy atom. The Bertz CT molecular complexity index is 188. The summed E-state index contributed by atoms with van der Waals surface area (Å²) in [6.07, 6.45) is 14.2. The smallest absolute Gasteiger partial charge is 0.0724 e. The van der Waals surface area contributed by atoms with E-state index in [1.54, 1.807) is 0 Å². The standard InChI is InChI=1S/C17H37NO2/c1-3-5-6-7-8-9-10-11-12-13-16(18)17(4-2)20-15-14-19/h16-17,19H,3-15,18H2,1-2H3. The number of hydrogen-bond acceptors (Lipinski definition) is 3. The molecule has 0 aliphatic carbocycles. The average Bonchev–Trinajstić information content (AvgIpc) is 2.46. The van der Waals surface area contributed by atoms with Crippen molar-refractivity contribution >= 4 is 0 Å². The number of aliphatic hydroxyl groups excluding tert-OH is 1. The third-order valence-corrected chi connectivity index (χ3v) is 3.94. The van der Waals surface area contributed by atoms with Gasteiger partial charge in [-0.15, -0.1) is 0 Å². The molecule has 2 unspecified atom stereocenters. The predicted octanol–water partition coefficient (Wildman–Crippen LogP) is 4.02. The molecule has 122 valence electrons. The molecule has 3 heteroatoms. The monoisotopic (exact) mass is 287 g/mol. The molecule has 0 aliphatic heterocycles. The van der Waals surface area contributed by atoms with Crippen molar-refractivity contribution < 1.29 is 9.84 Å². The summed E-state index contributed by atoms with van der Waals surface area (Å²) in [5.41, 5.74) is 6.16. The number of aliphatic hydroxyl groups is 1. The summed E-state index contributed by atoms with van der Waals surface area (Å²) in [5.74, 6) is 0. The fourth-order valence-electron chi connectivity index (χ4n) is 2.62. The number of rotatable bonds is 15. The van der Waals surface area contributed by atoms with Crippen LogP contribution in [-0.4, -0.2) is 30.5 Å². The number of ether oxygens (including phenoxy) is 1. The highest BCUT2D eigenvalue weighted by Crippen LogP contribution is 2.13. The van der Waals surface area contributed by atoms with Crippen molar-refractivity contribution in [2.24, 2.45) is 5.73 Å². The van der Waals surface area contributed by atoms with E-state index in [4.69, 9.17) is 15.6 Å². The lowest BCUT2D eigenvalue weighted by Crippen LogP contribution is -2.36. The molecule has 0 heterocycles. The zero-order valence-corrected chi connectivity index (χ0v) is 13.8. The molecule has 0 aromatic rings. The summed E-state index contributed by atoms with van der Waals surface area (Å²) in [6, 6.07) is 0.121. The fourth-order valence-corrected chi connectivity index (χ4v) is 2.62. The molecule has 0 aromatic carbocycles. The molecule has 0 aromatic heterocycles. The maximum Gasteiger partial charge on any atom is 0.0724 e. The highest BCUT2D eigenvalue weighted by Gasteiger charge is 2.15. The van der Waals surface area contributed by atoms with Crippen molar-refractivity contribution in [1.82, 2.24) is 0 Å². The lowest BCUT2D eigenvalue weighted by molar-refractivity contribution is 0.0105. The molecule has 2 atom stereocenters. The summed E-state index contributed by atoms with van der Waals surface area (Å²) >= 11 is 0. The maximum absolute atomic E-state index is 8.78. The lowest BCUT2D eigenvalue weighted by Gasteiger charge is -2.22. The van der Waals surface area contributed by atoms with E-state index in [-0.39, 0.29) is 18.8 Å². The molecule has 0 fully saturated rings. The normalized spacial score (nSPS) is 14.4. The molecule has 0 saturated heterocycles. The van der Waals surface area contributed by atoms with Gasteiger partial charge in [0.25, 0.3) is 0 Å². The number of hydrogen-bond donors (Lipinski definition) is 2. The Hall–Kier alpha value is -0.120. The first kappa shape index (κ1) is 19.9. The Balaban J connectivity index is 3.39. The van der Waals surface area contributed by atoms with Crippen LogP contribution in [0.5, 0.6) is 0 Å². The van der Waals surface area contributed by atoms with Gasteiger partial charge in [-0.05, 0) is 12.8 Å². The summed E-state index contributed by atoms with van der Waals surface area (Å²) in [7, 11) is 0. The van der Waals surface area contributed by atoms with Crippen LogP contribution in [0.1, 0.15) is 84.5 Å². The van der Waals surface area contributed by atoms with Crippen LogP contribution in [0.2, 0.25) is 0 Å². The van der Waals surface area contributed by atoms with Gasteiger partial charge in [-0.1, -0.05) is 71.6 Å². The van der Waals surface area contributed by atoms with Gasteiger partial charge in [0, 0.05) is 6.04 Å². The molecule has 0 amide bonds. The summed E-state index contributed by atoms with van der Waals surface area (Å²) in [6.45, 7) is 4.85. The van der Waals surface area contributed by atoms with Crippen LogP contribution in [0.25, 0.3) is 0 Å². The Kier molecular flexibility index (Phi) is 15.2. The van der Waals surface area contributed by atoms with Crippen LogP contribution in [0, 0.1) is 0 Å². The SMILES string of the molecule is CCCCCCCCCCCC(N)C(CC)OCCO. The van der Waals surface area contributed by atoms with Gasteiger partial charge in [-0.25, -0.2) is 0 Å². The van der Waals surface area contributed by atoms with Crippen LogP contribution < -0.4 is 5.73 Å². The van der Waals surface area contributed by atoms with Gasteiger partial charge < -0.3 is 15.6 Å². The van der Waals surface area contributed by atoms with E-state index in [0.29, 0.717) is 6.61 Å². The Morgan fingerprint density at radius 3 is 1.95 bits per heavy atom. The lowest BCUT2D eigenvalue weighted by atomic mass is 10.0. The van der Waals surface area contributed by atoms with E-state index < -0.39 is 0 Å². The zero-order valence-electron chi connectivity index (χ0n) is 13.8. The first-order valence-corrected chi connectivity index (χ1v) is 8.74.